The Bertz CT molecular complexity index is 805. The normalized spacial score (nSPS) is 11.7. The van der Waals surface area contributed by atoms with Crippen LogP contribution >= 0.6 is 39.9 Å². The highest BCUT2D eigenvalue weighted by molar-refractivity contribution is 9.10. The quantitative estimate of drug-likeness (QED) is 0.478. The van der Waals surface area contributed by atoms with E-state index in [0.717, 1.165) is 10.0 Å². The molecule has 0 aliphatic heterocycles. The number of carbonyl (C=O) groups excluding carboxylic acids is 1. The van der Waals surface area contributed by atoms with Crippen LogP contribution in [0.2, 0.25) is 0 Å². The average Bonchev–Trinajstić information content (AvgIpc) is 2.61. The zero-order valence-electron chi connectivity index (χ0n) is 14.0. The van der Waals surface area contributed by atoms with Gasteiger partial charge in [0.05, 0.1) is 12.9 Å². The first kappa shape index (κ1) is 20.7. The predicted octanol–water partition coefficient (Wildman–Crippen LogP) is 4.28. The van der Waals surface area contributed by atoms with Crippen molar-refractivity contribution in [1.82, 2.24) is 0 Å². The summed E-state index contributed by atoms with van der Waals surface area (Å²) in [6.45, 7) is 0. The summed E-state index contributed by atoms with van der Waals surface area (Å²) in [6.07, 6.45) is 0. The molecular weight excluding hydrogens is 439 g/mol. The van der Waals surface area contributed by atoms with E-state index < -0.39 is 0 Å². The van der Waals surface area contributed by atoms with Crippen molar-refractivity contribution < 1.29 is 13.9 Å². The molecule has 1 unspecified atom stereocenters. The molecule has 0 aliphatic rings. The van der Waals surface area contributed by atoms with Crippen molar-refractivity contribution >= 4 is 56.7 Å². The molecule has 2 aromatic rings. The van der Waals surface area contributed by atoms with Crippen molar-refractivity contribution in [2.24, 2.45) is 5.73 Å². The first-order chi connectivity index (χ1) is 12.4. The van der Waals surface area contributed by atoms with Gasteiger partial charge in [0.1, 0.15) is 5.82 Å². The lowest BCUT2D eigenvalue weighted by atomic mass is 9.91. The predicted molar refractivity (Wildman–Crippen MR) is 112 cm³/mol. The molecule has 0 heterocycles. The van der Waals surface area contributed by atoms with Crippen LogP contribution in [0.1, 0.15) is 17.0 Å². The summed E-state index contributed by atoms with van der Waals surface area (Å²) in [4.78, 5) is 11.4. The number of hydrogen-bond acceptors (Lipinski definition) is 4. The first-order valence-electron chi connectivity index (χ1n) is 7.67. The zero-order valence-corrected chi connectivity index (χ0v) is 17.2. The highest BCUT2D eigenvalue weighted by Gasteiger charge is 2.22. The lowest BCUT2D eigenvalue weighted by Crippen LogP contribution is -2.21. The smallest absolute Gasteiger partial charge is 0.315 e. The van der Waals surface area contributed by atoms with Crippen molar-refractivity contribution in [3.63, 3.8) is 0 Å². The minimum Gasteiger partial charge on any atom is -0.468 e. The first-order valence-corrected chi connectivity index (χ1v) is 10.0. The monoisotopic (exact) mass is 456 g/mol. The molecule has 0 saturated carbocycles. The second kappa shape index (κ2) is 9.89. The van der Waals surface area contributed by atoms with Gasteiger partial charge in [-0.2, -0.15) is 0 Å². The number of hydrogen-bond donors (Lipinski definition) is 2. The van der Waals surface area contributed by atoms with Crippen LogP contribution < -0.4 is 11.1 Å². The molecule has 0 aliphatic carbocycles. The Morgan fingerprint density at radius 1 is 1.35 bits per heavy atom. The molecule has 2 rings (SSSR count). The summed E-state index contributed by atoms with van der Waals surface area (Å²) >= 11 is 9.79. The summed E-state index contributed by atoms with van der Waals surface area (Å²) < 4.78 is 20.0. The van der Waals surface area contributed by atoms with E-state index in [9.17, 15) is 9.18 Å². The summed E-state index contributed by atoms with van der Waals surface area (Å²) in [7, 11) is 1.34. The highest BCUT2D eigenvalue weighted by atomic mass is 79.9. The minimum atomic E-state index is -0.321. The van der Waals surface area contributed by atoms with Crippen LogP contribution in [0, 0.1) is 5.82 Å². The lowest BCUT2D eigenvalue weighted by molar-refractivity contribution is -0.137. The summed E-state index contributed by atoms with van der Waals surface area (Å²) in [5.41, 5.74) is 7.69. The number of halogens is 2. The third-order valence-corrected chi connectivity index (χ3v) is 5.26. The van der Waals surface area contributed by atoms with Crippen molar-refractivity contribution in [3.8, 4) is 0 Å². The van der Waals surface area contributed by atoms with E-state index in [1.807, 2.05) is 18.2 Å². The van der Waals surface area contributed by atoms with E-state index in [0.29, 0.717) is 17.0 Å². The summed E-state index contributed by atoms with van der Waals surface area (Å²) in [5.74, 6) is -0.262. The Morgan fingerprint density at radius 3 is 2.73 bits per heavy atom. The molecule has 0 fully saturated rings. The third kappa shape index (κ3) is 5.69. The molecule has 0 radical (unpaired) electrons. The lowest BCUT2D eigenvalue weighted by Gasteiger charge is -2.22. The Morgan fingerprint density at radius 2 is 2.08 bits per heavy atom. The largest absolute Gasteiger partial charge is 0.468 e. The third-order valence-electron chi connectivity index (χ3n) is 3.66. The van der Waals surface area contributed by atoms with Gasteiger partial charge in [-0.15, -0.1) is 11.8 Å². The fourth-order valence-corrected chi connectivity index (χ4v) is 3.98. The van der Waals surface area contributed by atoms with E-state index in [1.54, 1.807) is 18.2 Å². The minimum absolute atomic E-state index is 0.128. The van der Waals surface area contributed by atoms with Gasteiger partial charge in [-0.25, -0.2) is 4.39 Å². The van der Waals surface area contributed by atoms with Gasteiger partial charge in [-0.3, -0.25) is 4.79 Å². The molecule has 1 atom stereocenters. The van der Waals surface area contributed by atoms with Crippen LogP contribution in [0.15, 0.2) is 46.9 Å². The average molecular weight is 457 g/mol. The highest BCUT2D eigenvalue weighted by Crippen LogP contribution is 2.36. The molecule has 3 N–H and O–H groups in total. The summed E-state index contributed by atoms with van der Waals surface area (Å²) in [6, 6.07) is 12.2. The van der Waals surface area contributed by atoms with E-state index in [4.69, 9.17) is 18.0 Å². The maximum atomic E-state index is 14.5. The zero-order chi connectivity index (χ0) is 19.1. The molecule has 0 saturated heterocycles. The van der Waals surface area contributed by atoms with Crippen LogP contribution in [0.5, 0.6) is 0 Å². The molecule has 0 spiro atoms. The molecule has 8 heteroatoms. The number of esters is 1. The Labute approximate surface area is 169 Å². The van der Waals surface area contributed by atoms with E-state index in [2.05, 4.69) is 26.0 Å². The number of ether oxygens (including phenoxy) is 1. The van der Waals surface area contributed by atoms with Crippen molar-refractivity contribution in [2.45, 2.75) is 5.92 Å². The molecule has 0 bridgehead atoms. The van der Waals surface area contributed by atoms with E-state index in [1.165, 1.54) is 24.9 Å². The van der Waals surface area contributed by atoms with Gasteiger partial charge >= 0.3 is 5.97 Å². The fourth-order valence-electron chi connectivity index (χ4n) is 2.49. The van der Waals surface area contributed by atoms with Gasteiger partial charge in [0, 0.05) is 21.8 Å². The Kier molecular flexibility index (Phi) is 7.86. The van der Waals surface area contributed by atoms with Crippen molar-refractivity contribution in [1.29, 1.82) is 0 Å². The number of methoxy groups -OCH3 is 1. The molecule has 4 nitrogen and oxygen atoms in total. The number of rotatable bonds is 7. The molecule has 0 amide bonds. The Hall–Kier alpha value is -1.64. The number of anilines is 1. The van der Waals surface area contributed by atoms with Gasteiger partial charge in [-0.05, 0) is 47.6 Å². The van der Waals surface area contributed by atoms with Crippen LogP contribution in [0.4, 0.5) is 10.1 Å². The maximum Gasteiger partial charge on any atom is 0.315 e. The molecule has 0 aromatic heterocycles. The number of thioether (sulfide) groups is 1. The second-order valence-electron chi connectivity index (χ2n) is 5.39. The van der Waals surface area contributed by atoms with Gasteiger partial charge < -0.3 is 15.8 Å². The summed E-state index contributed by atoms with van der Waals surface area (Å²) in [5, 5.41) is 3.07. The van der Waals surface area contributed by atoms with Crippen LogP contribution in [-0.4, -0.2) is 29.7 Å². The van der Waals surface area contributed by atoms with Crippen LogP contribution in [0.25, 0.3) is 0 Å². The van der Waals surface area contributed by atoms with E-state index in [-0.39, 0.29) is 28.6 Å². The van der Waals surface area contributed by atoms with Crippen LogP contribution in [-0.2, 0) is 9.53 Å². The van der Waals surface area contributed by atoms with Crippen molar-refractivity contribution in [2.75, 3.05) is 23.9 Å². The molecule has 26 heavy (non-hydrogen) atoms. The van der Waals surface area contributed by atoms with Gasteiger partial charge in [0.25, 0.3) is 0 Å². The SMILES string of the molecule is COC(=O)CSCC(c1ccccc1F)c1cc(Br)ccc1NC(N)=S. The number of thiocarbonyl (C=S) groups is 1. The van der Waals surface area contributed by atoms with Crippen molar-refractivity contribution in [3.05, 3.63) is 63.9 Å². The van der Waals surface area contributed by atoms with Crippen LogP contribution in [0.3, 0.4) is 0 Å². The molecule has 138 valence electrons. The maximum absolute atomic E-state index is 14.5. The van der Waals surface area contributed by atoms with Gasteiger partial charge in [0.15, 0.2) is 5.11 Å². The second-order valence-corrected chi connectivity index (χ2v) is 7.77. The number of benzene rings is 2. The van der Waals surface area contributed by atoms with E-state index >= 15 is 0 Å². The number of nitrogens with two attached hydrogens (primary N) is 1. The fraction of sp³-hybridized carbons (Fsp3) is 0.222. The van der Waals surface area contributed by atoms with Gasteiger partial charge in [-0.1, -0.05) is 34.1 Å². The standard InChI is InChI=1S/C18H18BrFN2O2S2/c1-24-17(23)10-26-9-14(12-4-2-3-5-15(12)20)13-8-11(19)6-7-16(13)22-18(21)25/h2-8,14H,9-10H2,1H3,(H3,21,22,25). The number of carbonyl (C=O) groups is 1. The number of nitrogens with one attached hydrogen (secondary N) is 1. The topological polar surface area (TPSA) is 64.3 Å². The molecular formula is C18H18BrFN2O2S2. The molecule has 2 aromatic carbocycles. The van der Waals surface area contributed by atoms with Gasteiger partial charge in [0.2, 0.25) is 0 Å². The Balaban J connectivity index is 2.43.